The molecule has 102 valence electrons. The van der Waals surface area contributed by atoms with Crippen molar-refractivity contribution in [3.8, 4) is 11.8 Å². The summed E-state index contributed by atoms with van der Waals surface area (Å²) in [4.78, 5) is 0. The van der Waals surface area contributed by atoms with Gasteiger partial charge in [0.25, 0.3) is 0 Å². The Hall–Kier alpha value is -2.18. The Bertz CT molecular complexity index is 642. The van der Waals surface area contributed by atoms with E-state index < -0.39 is 0 Å². The standard InChI is InChI=1S/C16H15ClN2O/c1-11-4-3-5-14(17)16(11)19-10-13-8-12(9-18)6-7-15(13)20-2/h3-8,19H,10H2,1-2H3. The smallest absolute Gasteiger partial charge is 0.123 e. The number of anilines is 1. The van der Waals surface area contributed by atoms with Gasteiger partial charge in [0, 0.05) is 12.1 Å². The number of ether oxygens (including phenoxy) is 1. The van der Waals surface area contributed by atoms with E-state index in [4.69, 9.17) is 21.6 Å². The number of para-hydroxylation sites is 1. The van der Waals surface area contributed by atoms with Crippen molar-refractivity contribution in [2.24, 2.45) is 0 Å². The zero-order valence-corrected chi connectivity index (χ0v) is 12.2. The normalized spacial score (nSPS) is 9.90. The Morgan fingerprint density at radius 3 is 2.75 bits per heavy atom. The molecular formula is C16H15ClN2O. The molecule has 0 bridgehead atoms. The zero-order chi connectivity index (χ0) is 14.5. The molecule has 1 N–H and O–H groups in total. The van der Waals surface area contributed by atoms with Crippen molar-refractivity contribution in [3.63, 3.8) is 0 Å². The van der Waals surface area contributed by atoms with Gasteiger partial charge in [-0.1, -0.05) is 23.7 Å². The van der Waals surface area contributed by atoms with E-state index in [-0.39, 0.29) is 0 Å². The summed E-state index contributed by atoms with van der Waals surface area (Å²) in [5.74, 6) is 0.751. The molecule has 0 unspecified atom stereocenters. The van der Waals surface area contributed by atoms with E-state index in [1.165, 1.54) is 0 Å². The Labute approximate surface area is 123 Å². The lowest BCUT2D eigenvalue weighted by molar-refractivity contribution is 0.410. The average molecular weight is 287 g/mol. The Morgan fingerprint density at radius 2 is 2.10 bits per heavy atom. The minimum absolute atomic E-state index is 0.545. The second-order valence-corrected chi connectivity index (χ2v) is 4.83. The van der Waals surface area contributed by atoms with Gasteiger partial charge in [0.2, 0.25) is 0 Å². The third-order valence-corrected chi connectivity index (χ3v) is 3.40. The van der Waals surface area contributed by atoms with Crippen LogP contribution in [0.4, 0.5) is 5.69 Å². The van der Waals surface area contributed by atoms with E-state index in [1.54, 1.807) is 19.2 Å². The van der Waals surface area contributed by atoms with Crippen LogP contribution in [0.25, 0.3) is 0 Å². The molecule has 0 saturated carbocycles. The first-order valence-electron chi connectivity index (χ1n) is 6.21. The Balaban J connectivity index is 2.25. The number of aryl methyl sites for hydroxylation is 1. The molecule has 0 aliphatic carbocycles. The number of nitriles is 1. The molecule has 0 saturated heterocycles. The highest BCUT2D eigenvalue weighted by Crippen LogP contribution is 2.27. The van der Waals surface area contributed by atoms with Crippen molar-refractivity contribution >= 4 is 17.3 Å². The van der Waals surface area contributed by atoms with Gasteiger partial charge in [0.1, 0.15) is 5.75 Å². The highest BCUT2D eigenvalue weighted by molar-refractivity contribution is 6.33. The van der Waals surface area contributed by atoms with Gasteiger partial charge in [0.05, 0.1) is 29.5 Å². The number of rotatable bonds is 4. The maximum absolute atomic E-state index is 8.97. The average Bonchev–Trinajstić information content (AvgIpc) is 2.46. The number of nitrogens with one attached hydrogen (secondary N) is 1. The summed E-state index contributed by atoms with van der Waals surface area (Å²) in [6.45, 7) is 2.54. The molecule has 0 aliphatic rings. The van der Waals surface area contributed by atoms with Crippen molar-refractivity contribution in [1.29, 1.82) is 5.26 Å². The van der Waals surface area contributed by atoms with Gasteiger partial charge in [-0.25, -0.2) is 0 Å². The van der Waals surface area contributed by atoms with Crippen LogP contribution < -0.4 is 10.1 Å². The molecule has 0 aromatic heterocycles. The fourth-order valence-corrected chi connectivity index (χ4v) is 2.31. The first-order chi connectivity index (χ1) is 9.65. The highest BCUT2D eigenvalue weighted by atomic mass is 35.5. The van der Waals surface area contributed by atoms with Crippen molar-refractivity contribution in [1.82, 2.24) is 0 Å². The van der Waals surface area contributed by atoms with Crippen LogP contribution in [0.2, 0.25) is 5.02 Å². The number of hydrogen-bond acceptors (Lipinski definition) is 3. The lowest BCUT2D eigenvalue weighted by Crippen LogP contribution is -2.04. The van der Waals surface area contributed by atoms with Crippen LogP contribution in [0.5, 0.6) is 5.75 Å². The molecule has 0 amide bonds. The Kier molecular flexibility index (Phi) is 4.49. The number of methoxy groups -OCH3 is 1. The van der Waals surface area contributed by atoms with Crippen LogP contribution in [0.3, 0.4) is 0 Å². The molecule has 4 heteroatoms. The first-order valence-corrected chi connectivity index (χ1v) is 6.59. The SMILES string of the molecule is COc1ccc(C#N)cc1CNc1c(C)cccc1Cl. The lowest BCUT2D eigenvalue weighted by Gasteiger charge is -2.13. The van der Waals surface area contributed by atoms with Gasteiger partial charge in [-0.3, -0.25) is 0 Å². The summed E-state index contributed by atoms with van der Waals surface area (Å²) in [7, 11) is 1.62. The fourth-order valence-electron chi connectivity index (χ4n) is 2.03. The molecule has 0 heterocycles. The maximum Gasteiger partial charge on any atom is 0.123 e. The summed E-state index contributed by atoms with van der Waals surface area (Å²) in [5, 5.41) is 12.9. The third kappa shape index (κ3) is 3.04. The second kappa shape index (κ2) is 6.31. The fraction of sp³-hybridized carbons (Fsp3) is 0.188. The summed E-state index contributed by atoms with van der Waals surface area (Å²) < 4.78 is 5.31. The summed E-state index contributed by atoms with van der Waals surface area (Å²) >= 11 is 6.18. The van der Waals surface area contributed by atoms with E-state index in [0.717, 1.165) is 22.6 Å². The van der Waals surface area contributed by atoms with E-state index in [2.05, 4.69) is 11.4 Å². The van der Waals surface area contributed by atoms with Crippen LogP contribution in [-0.4, -0.2) is 7.11 Å². The monoisotopic (exact) mass is 286 g/mol. The van der Waals surface area contributed by atoms with Crippen LogP contribution in [0.1, 0.15) is 16.7 Å². The minimum Gasteiger partial charge on any atom is -0.496 e. The quantitative estimate of drug-likeness (QED) is 0.919. The maximum atomic E-state index is 8.97. The van der Waals surface area contributed by atoms with E-state index in [1.807, 2.05) is 31.2 Å². The van der Waals surface area contributed by atoms with Crippen molar-refractivity contribution < 1.29 is 4.74 Å². The molecule has 3 nitrogen and oxygen atoms in total. The largest absolute Gasteiger partial charge is 0.496 e. The van der Waals surface area contributed by atoms with Crippen molar-refractivity contribution in [3.05, 3.63) is 58.1 Å². The second-order valence-electron chi connectivity index (χ2n) is 4.42. The highest BCUT2D eigenvalue weighted by Gasteiger charge is 2.07. The third-order valence-electron chi connectivity index (χ3n) is 3.09. The van der Waals surface area contributed by atoms with Crippen molar-refractivity contribution in [2.45, 2.75) is 13.5 Å². The Morgan fingerprint density at radius 1 is 1.30 bits per heavy atom. The molecule has 20 heavy (non-hydrogen) atoms. The predicted octanol–water partition coefficient (Wildman–Crippen LogP) is 4.14. The molecule has 0 aliphatic heterocycles. The van der Waals surface area contributed by atoms with Gasteiger partial charge in [-0.15, -0.1) is 0 Å². The molecule has 0 spiro atoms. The molecular weight excluding hydrogens is 272 g/mol. The molecule has 2 aromatic carbocycles. The topological polar surface area (TPSA) is 45.0 Å². The predicted molar refractivity (Wildman–Crippen MR) is 81.2 cm³/mol. The van der Waals surface area contributed by atoms with Crippen LogP contribution in [0, 0.1) is 18.3 Å². The van der Waals surface area contributed by atoms with E-state index in [9.17, 15) is 0 Å². The van der Waals surface area contributed by atoms with E-state index >= 15 is 0 Å². The molecule has 0 atom stereocenters. The van der Waals surface area contributed by atoms with E-state index in [0.29, 0.717) is 17.1 Å². The van der Waals surface area contributed by atoms with Gasteiger partial charge in [0.15, 0.2) is 0 Å². The number of nitrogens with zero attached hydrogens (tertiary/aromatic N) is 1. The zero-order valence-electron chi connectivity index (χ0n) is 11.4. The van der Waals surface area contributed by atoms with Crippen LogP contribution in [-0.2, 0) is 6.54 Å². The van der Waals surface area contributed by atoms with Gasteiger partial charge in [-0.05, 0) is 36.8 Å². The van der Waals surface area contributed by atoms with Crippen LogP contribution in [0.15, 0.2) is 36.4 Å². The minimum atomic E-state index is 0.545. The number of benzene rings is 2. The van der Waals surface area contributed by atoms with Gasteiger partial charge >= 0.3 is 0 Å². The molecule has 0 radical (unpaired) electrons. The van der Waals surface area contributed by atoms with Crippen molar-refractivity contribution in [2.75, 3.05) is 12.4 Å². The first kappa shape index (κ1) is 14.2. The summed E-state index contributed by atoms with van der Waals surface area (Å²) in [6.07, 6.45) is 0. The summed E-state index contributed by atoms with van der Waals surface area (Å²) in [6, 6.07) is 13.2. The lowest BCUT2D eigenvalue weighted by atomic mass is 10.1. The molecule has 2 aromatic rings. The van der Waals surface area contributed by atoms with Crippen LogP contribution >= 0.6 is 11.6 Å². The summed E-state index contributed by atoms with van der Waals surface area (Å²) in [5.41, 5.74) is 3.51. The molecule has 2 rings (SSSR count). The van der Waals surface area contributed by atoms with Gasteiger partial charge in [-0.2, -0.15) is 5.26 Å². The number of halogens is 1. The van der Waals surface area contributed by atoms with Gasteiger partial charge < -0.3 is 10.1 Å². The molecule has 0 fully saturated rings. The number of hydrogen-bond donors (Lipinski definition) is 1.